The standard InChI is InChI=1S/C70H43N7/c1-9-25-58-48(17-1)49-18-2-10-26-59(49)74(58)46-37-39-66-56(41-46)57-42-47(75-60-27-11-3-19-50(60)51-20-4-12-28-61(51)75)38-40-67(57)73(66)45-35-33-44(34-36-45)70-71-68(76-62-29-13-5-21-52(62)53-22-6-14-30-63(53)76)43-69(72-70)77-64-31-15-7-23-54(64)55-24-8-16-32-65(55)77/h1-43H. The van der Waals surface area contributed by atoms with Gasteiger partial charge < -0.3 is 13.7 Å². The molecule has 0 fully saturated rings. The molecule has 0 unspecified atom stereocenters. The molecule has 7 nitrogen and oxygen atoms in total. The summed E-state index contributed by atoms with van der Waals surface area (Å²) in [6, 6.07) is 94.4. The average Bonchev–Trinajstić information content (AvgIpc) is 4.35. The predicted molar refractivity (Wildman–Crippen MR) is 319 cm³/mol. The van der Waals surface area contributed by atoms with Gasteiger partial charge in [-0.1, -0.05) is 146 Å². The van der Waals surface area contributed by atoms with Crippen LogP contribution in [0.5, 0.6) is 0 Å². The normalized spacial score (nSPS) is 12.2. The van der Waals surface area contributed by atoms with Crippen LogP contribution in [0.4, 0.5) is 0 Å². The zero-order valence-corrected chi connectivity index (χ0v) is 41.5. The van der Waals surface area contributed by atoms with Crippen LogP contribution in [0.3, 0.4) is 0 Å². The minimum atomic E-state index is 0.640. The molecule has 6 aromatic heterocycles. The maximum atomic E-state index is 5.49. The molecule has 0 aliphatic rings. The third-order valence-corrected chi connectivity index (χ3v) is 16.1. The molecule has 0 saturated heterocycles. The third-order valence-electron chi connectivity index (χ3n) is 16.1. The van der Waals surface area contributed by atoms with Crippen LogP contribution in [0.25, 0.3) is 149 Å². The summed E-state index contributed by atoms with van der Waals surface area (Å²) >= 11 is 0. The van der Waals surface area contributed by atoms with Crippen LogP contribution in [-0.2, 0) is 0 Å². The molecule has 6 heterocycles. The first kappa shape index (κ1) is 41.9. The number of fused-ring (bicyclic) bond motifs is 15. The van der Waals surface area contributed by atoms with E-state index in [0.29, 0.717) is 5.82 Å². The number of hydrogen-bond donors (Lipinski definition) is 0. The van der Waals surface area contributed by atoms with Crippen LogP contribution >= 0.6 is 0 Å². The van der Waals surface area contributed by atoms with Crippen LogP contribution in [0.2, 0.25) is 0 Å². The van der Waals surface area contributed by atoms with Gasteiger partial charge in [0.2, 0.25) is 0 Å². The third kappa shape index (κ3) is 6.02. The maximum absolute atomic E-state index is 5.49. The zero-order valence-electron chi connectivity index (χ0n) is 41.5. The Morgan fingerprint density at radius 2 is 0.442 bits per heavy atom. The molecule has 0 aliphatic carbocycles. The Hall–Kier alpha value is -10.5. The molecule has 358 valence electrons. The predicted octanol–water partition coefficient (Wildman–Crippen LogP) is 17.6. The second kappa shape index (κ2) is 16.0. The Morgan fingerprint density at radius 3 is 0.753 bits per heavy atom. The van der Waals surface area contributed by atoms with E-state index in [0.717, 1.165) is 67.4 Å². The zero-order chi connectivity index (χ0) is 50.3. The van der Waals surface area contributed by atoms with Crippen LogP contribution in [0.15, 0.2) is 261 Å². The summed E-state index contributed by atoms with van der Waals surface area (Å²) in [5.74, 6) is 2.24. The van der Waals surface area contributed by atoms with E-state index in [1.807, 2.05) is 0 Å². The largest absolute Gasteiger partial charge is 0.309 e. The van der Waals surface area contributed by atoms with E-state index in [9.17, 15) is 0 Å². The van der Waals surface area contributed by atoms with Gasteiger partial charge >= 0.3 is 0 Å². The maximum Gasteiger partial charge on any atom is 0.163 e. The van der Waals surface area contributed by atoms with Gasteiger partial charge in [0.25, 0.3) is 0 Å². The Balaban J connectivity index is 0.883. The van der Waals surface area contributed by atoms with Crippen molar-refractivity contribution in [2.45, 2.75) is 0 Å². The molecule has 0 radical (unpaired) electrons. The number of para-hydroxylation sites is 8. The van der Waals surface area contributed by atoms with Gasteiger partial charge in [-0.25, -0.2) is 9.97 Å². The lowest BCUT2D eigenvalue weighted by Gasteiger charge is -2.14. The number of rotatable bonds is 6. The van der Waals surface area contributed by atoms with Gasteiger partial charge in [0, 0.05) is 82.6 Å². The van der Waals surface area contributed by atoms with Crippen molar-refractivity contribution >= 4 is 109 Å². The van der Waals surface area contributed by atoms with Crippen molar-refractivity contribution < 1.29 is 0 Å². The smallest absolute Gasteiger partial charge is 0.163 e. The topological polar surface area (TPSA) is 50.4 Å². The van der Waals surface area contributed by atoms with E-state index < -0.39 is 0 Å². The summed E-state index contributed by atoms with van der Waals surface area (Å²) < 4.78 is 11.8. The van der Waals surface area contributed by atoms with Crippen LogP contribution in [-0.4, -0.2) is 32.8 Å². The quantitative estimate of drug-likeness (QED) is 0.167. The molecular formula is C70H43N7. The first-order valence-electron chi connectivity index (χ1n) is 26.2. The first-order valence-corrected chi connectivity index (χ1v) is 26.2. The molecule has 0 saturated carbocycles. The van der Waals surface area contributed by atoms with Gasteiger partial charge in [0.15, 0.2) is 5.82 Å². The number of aromatic nitrogens is 7. The van der Waals surface area contributed by atoms with Crippen LogP contribution in [0.1, 0.15) is 0 Å². The number of hydrogen-bond acceptors (Lipinski definition) is 2. The Morgan fingerprint density at radius 1 is 0.195 bits per heavy atom. The molecule has 17 aromatic rings. The molecule has 0 atom stereocenters. The minimum absolute atomic E-state index is 0.640. The van der Waals surface area contributed by atoms with Crippen molar-refractivity contribution in [1.82, 2.24) is 32.8 Å². The molecule has 17 rings (SSSR count). The first-order chi connectivity index (χ1) is 38.2. The SMILES string of the molecule is c1ccc2c(c1)c1ccccc1n2-c1ccc2c(c1)c1cc(-n3c4ccccc4c4ccccc43)ccc1n2-c1ccc(-c2nc(-n3c4ccccc4c4ccccc43)cc(-n3c4ccccc4c4ccccc43)n2)cc1. The number of nitrogens with zero attached hydrogens (tertiary/aromatic N) is 7. The lowest BCUT2D eigenvalue weighted by Crippen LogP contribution is -2.06. The van der Waals surface area contributed by atoms with Gasteiger partial charge in [0.1, 0.15) is 11.6 Å². The fraction of sp³-hybridized carbons (Fsp3) is 0. The number of benzene rings is 11. The van der Waals surface area contributed by atoms with Gasteiger partial charge in [-0.05, 0) is 109 Å². The van der Waals surface area contributed by atoms with Gasteiger partial charge in [-0.2, -0.15) is 0 Å². The molecule has 11 aromatic carbocycles. The van der Waals surface area contributed by atoms with E-state index in [1.54, 1.807) is 0 Å². The van der Waals surface area contributed by atoms with Crippen molar-refractivity contribution in [2.24, 2.45) is 0 Å². The van der Waals surface area contributed by atoms with Crippen molar-refractivity contribution in [3.8, 4) is 40.1 Å². The second-order valence-electron chi connectivity index (χ2n) is 20.2. The monoisotopic (exact) mass is 981 g/mol. The summed E-state index contributed by atoms with van der Waals surface area (Å²) in [5, 5.41) is 12.0. The van der Waals surface area contributed by atoms with E-state index in [-0.39, 0.29) is 0 Å². The Labute approximate surface area is 440 Å². The summed E-state index contributed by atoms with van der Waals surface area (Å²) in [6.07, 6.45) is 0. The van der Waals surface area contributed by atoms with Crippen molar-refractivity contribution in [3.63, 3.8) is 0 Å². The van der Waals surface area contributed by atoms with E-state index >= 15 is 0 Å². The summed E-state index contributed by atoms with van der Waals surface area (Å²) in [4.78, 5) is 11.0. The van der Waals surface area contributed by atoms with E-state index in [4.69, 9.17) is 9.97 Å². The molecule has 0 bridgehead atoms. The van der Waals surface area contributed by atoms with E-state index in [1.165, 1.54) is 75.9 Å². The second-order valence-corrected chi connectivity index (χ2v) is 20.2. The fourth-order valence-electron chi connectivity index (χ4n) is 12.8. The minimum Gasteiger partial charge on any atom is -0.309 e. The van der Waals surface area contributed by atoms with Crippen LogP contribution < -0.4 is 0 Å². The van der Waals surface area contributed by atoms with Gasteiger partial charge in [-0.15, -0.1) is 0 Å². The average molecular weight is 982 g/mol. The van der Waals surface area contributed by atoms with Gasteiger partial charge in [-0.3, -0.25) is 9.13 Å². The lowest BCUT2D eigenvalue weighted by atomic mass is 10.1. The summed E-state index contributed by atoms with van der Waals surface area (Å²) in [7, 11) is 0. The lowest BCUT2D eigenvalue weighted by molar-refractivity contribution is 0.994. The summed E-state index contributed by atoms with van der Waals surface area (Å²) in [5.41, 5.74) is 15.5. The highest BCUT2D eigenvalue weighted by molar-refractivity contribution is 6.15. The van der Waals surface area contributed by atoms with Crippen molar-refractivity contribution in [2.75, 3.05) is 0 Å². The van der Waals surface area contributed by atoms with Crippen LogP contribution in [0, 0.1) is 0 Å². The highest BCUT2D eigenvalue weighted by Crippen LogP contribution is 2.41. The van der Waals surface area contributed by atoms with Crippen molar-refractivity contribution in [3.05, 3.63) is 261 Å². The van der Waals surface area contributed by atoms with Gasteiger partial charge in [0.05, 0.1) is 55.2 Å². The summed E-state index contributed by atoms with van der Waals surface area (Å²) in [6.45, 7) is 0. The fourth-order valence-corrected chi connectivity index (χ4v) is 12.8. The molecule has 0 aliphatic heterocycles. The highest BCUT2D eigenvalue weighted by Gasteiger charge is 2.22. The molecule has 77 heavy (non-hydrogen) atoms. The van der Waals surface area contributed by atoms with Crippen molar-refractivity contribution in [1.29, 1.82) is 0 Å². The molecule has 0 spiro atoms. The molecular weight excluding hydrogens is 939 g/mol. The Bertz CT molecular complexity index is 4780. The molecule has 0 amide bonds. The molecule has 0 N–H and O–H groups in total. The van der Waals surface area contributed by atoms with E-state index in [2.05, 4.69) is 284 Å². The molecule has 7 heteroatoms. The Kier molecular flexibility index (Phi) is 8.71. The highest BCUT2D eigenvalue weighted by atomic mass is 15.1.